The number of hydrogen-bond donors (Lipinski definition) is 4. The van der Waals surface area contributed by atoms with Gasteiger partial charge in [-0.05, 0) is 51.9 Å². The van der Waals surface area contributed by atoms with E-state index in [4.69, 9.17) is 15.9 Å². The lowest BCUT2D eigenvalue weighted by molar-refractivity contribution is -0.134. The summed E-state index contributed by atoms with van der Waals surface area (Å²) in [6.45, 7) is 8.76. The van der Waals surface area contributed by atoms with E-state index in [0.717, 1.165) is 37.1 Å². The number of aromatic amines is 1. The van der Waals surface area contributed by atoms with Gasteiger partial charge in [0.2, 0.25) is 0 Å². The summed E-state index contributed by atoms with van der Waals surface area (Å²) >= 11 is 0. The number of nitrogens with two attached hydrogens (primary N) is 1. The van der Waals surface area contributed by atoms with E-state index in [1.807, 2.05) is 6.20 Å². The number of nitrogens with zero attached hydrogens (tertiary/aromatic N) is 3. The number of aliphatic carboxylic acids is 2. The van der Waals surface area contributed by atoms with Crippen LogP contribution in [-0.2, 0) is 15.0 Å². The number of aromatic nitrogens is 3. The molecule has 12 heteroatoms. The van der Waals surface area contributed by atoms with E-state index in [9.17, 15) is 18.8 Å². The van der Waals surface area contributed by atoms with Gasteiger partial charge in [0.15, 0.2) is 0 Å². The van der Waals surface area contributed by atoms with E-state index < -0.39 is 23.7 Å². The van der Waals surface area contributed by atoms with Gasteiger partial charge in [-0.25, -0.2) is 18.5 Å². The first-order valence-corrected chi connectivity index (χ1v) is 10.8. The number of fused-ring (bicyclic) bond motifs is 3. The minimum atomic E-state index is -1.26. The van der Waals surface area contributed by atoms with Crippen LogP contribution in [0.25, 0.3) is 16.7 Å². The molecule has 0 unspecified atom stereocenters. The molecule has 4 rings (SSSR count). The number of benzene rings is 1. The van der Waals surface area contributed by atoms with Crippen LogP contribution in [0, 0.1) is 5.82 Å². The van der Waals surface area contributed by atoms with E-state index >= 15 is 0 Å². The molecule has 1 aliphatic rings. The Morgan fingerprint density at radius 1 is 1.17 bits per heavy atom. The van der Waals surface area contributed by atoms with E-state index in [0.29, 0.717) is 29.2 Å². The molecule has 3 aromatic rings. The highest BCUT2D eigenvalue weighted by Gasteiger charge is 2.35. The highest BCUT2D eigenvalue weighted by Crippen LogP contribution is 2.38. The monoisotopic (exact) mass is 491 g/mol. The van der Waals surface area contributed by atoms with E-state index in [-0.39, 0.29) is 16.5 Å². The number of nitrogens with one attached hydrogen (secondary N) is 1. The number of carbonyl (C=O) groups excluding carboxylic acids is 1. The van der Waals surface area contributed by atoms with Crippen LogP contribution >= 0.6 is 0 Å². The second-order valence-corrected chi connectivity index (χ2v) is 8.86. The van der Waals surface area contributed by atoms with Crippen molar-refractivity contribution in [1.82, 2.24) is 19.5 Å². The van der Waals surface area contributed by atoms with Gasteiger partial charge < -0.3 is 31.3 Å². The molecule has 0 aliphatic carbocycles. The number of imidazole rings is 1. The number of primary amides is 1. The van der Waals surface area contributed by atoms with Crippen LogP contribution in [0.15, 0.2) is 30.5 Å². The lowest BCUT2D eigenvalue weighted by Crippen LogP contribution is -2.43. The third-order valence-corrected chi connectivity index (χ3v) is 6.22. The zero-order chi connectivity index (χ0) is 25.2. The molecular weight excluding hydrogens is 461 g/mol. The summed E-state index contributed by atoms with van der Waals surface area (Å²) in [7, 11) is 0. The van der Waals surface area contributed by atoms with Gasteiger partial charge in [0.05, 0.1) is 17.3 Å². The van der Waals surface area contributed by atoms with Gasteiger partial charge in [0.25, 0.3) is 5.91 Å². The Morgan fingerprint density at radius 3 is 2.23 bits per heavy atom. The Morgan fingerprint density at radius 2 is 1.74 bits per heavy atom. The van der Waals surface area contributed by atoms with Crippen LogP contribution in [0.3, 0.4) is 0 Å². The van der Waals surface area contributed by atoms with Crippen LogP contribution in [-0.4, -0.2) is 72.2 Å². The SMILES string of the molecule is CC(C)N1CCC(C)(c2cnn3c2[nH]c2cc(F)cc(C(N)=O)c23)CC1.O.O=C(O)/C=C\C(=O)O. The number of carbonyl (C=O) groups is 3. The fourth-order valence-corrected chi connectivity index (χ4v) is 4.26. The number of hydrogen-bond acceptors (Lipinski definition) is 5. The molecule has 2 aromatic heterocycles. The van der Waals surface area contributed by atoms with Gasteiger partial charge in [-0.15, -0.1) is 0 Å². The third kappa shape index (κ3) is 5.84. The van der Waals surface area contributed by atoms with Crippen molar-refractivity contribution in [3.8, 4) is 0 Å². The largest absolute Gasteiger partial charge is 0.478 e. The molecule has 0 radical (unpaired) electrons. The topological polar surface area (TPSA) is 186 Å². The Labute approximate surface area is 200 Å². The molecular formula is C23H30FN5O6. The van der Waals surface area contributed by atoms with E-state index in [2.05, 4.69) is 35.8 Å². The highest BCUT2D eigenvalue weighted by atomic mass is 19.1. The molecule has 1 aliphatic heterocycles. The van der Waals surface area contributed by atoms with Crippen molar-refractivity contribution in [2.75, 3.05) is 13.1 Å². The normalized spacial score (nSPS) is 15.7. The summed E-state index contributed by atoms with van der Waals surface area (Å²) in [6.07, 6.45) is 5.03. The van der Waals surface area contributed by atoms with E-state index in [1.54, 1.807) is 4.52 Å². The first kappa shape index (κ1) is 27.5. The van der Waals surface area contributed by atoms with Gasteiger partial charge in [-0.1, -0.05) is 6.92 Å². The average Bonchev–Trinajstić information content (AvgIpc) is 3.31. The number of H-pyrrole nitrogens is 1. The second kappa shape index (κ2) is 10.7. The highest BCUT2D eigenvalue weighted by molar-refractivity contribution is 6.05. The summed E-state index contributed by atoms with van der Waals surface area (Å²) in [6, 6.07) is 3.09. The zero-order valence-corrected chi connectivity index (χ0v) is 19.7. The van der Waals surface area contributed by atoms with Crippen LogP contribution in [0.1, 0.15) is 49.5 Å². The van der Waals surface area contributed by atoms with Crippen LogP contribution in [0.4, 0.5) is 4.39 Å². The lowest BCUT2D eigenvalue weighted by atomic mass is 9.75. The molecule has 0 spiro atoms. The van der Waals surface area contributed by atoms with Gasteiger partial charge in [-0.2, -0.15) is 5.10 Å². The fourth-order valence-electron chi connectivity index (χ4n) is 4.26. The van der Waals surface area contributed by atoms with Crippen molar-refractivity contribution >= 4 is 34.5 Å². The van der Waals surface area contributed by atoms with E-state index in [1.165, 1.54) is 12.1 Å². The number of rotatable bonds is 5. The van der Waals surface area contributed by atoms with Crippen molar-refractivity contribution in [2.45, 2.75) is 45.1 Å². The molecule has 35 heavy (non-hydrogen) atoms. The van der Waals surface area contributed by atoms with Crippen LogP contribution < -0.4 is 5.73 Å². The number of likely N-dealkylation sites (tertiary alicyclic amines) is 1. The molecule has 11 nitrogen and oxygen atoms in total. The molecule has 0 atom stereocenters. The Bertz CT molecular complexity index is 1250. The van der Waals surface area contributed by atoms with Crippen molar-refractivity contribution in [2.24, 2.45) is 5.73 Å². The van der Waals surface area contributed by atoms with Crippen molar-refractivity contribution in [3.05, 3.63) is 47.4 Å². The molecule has 7 N–H and O–H groups in total. The van der Waals surface area contributed by atoms with Gasteiger partial charge in [0.1, 0.15) is 17.0 Å². The quantitative estimate of drug-likeness (QED) is 0.391. The first-order valence-electron chi connectivity index (χ1n) is 10.8. The maximum absolute atomic E-state index is 13.9. The standard InChI is InChI=1S/C19H24FN5O.C4H4O4.H2O/c1-11(2)24-6-4-19(3,5-7-24)14-10-22-25-16-13(17(21)26)8-12(20)9-15(16)23-18(14)25;5-3(6)1-2-4(7)8;/h8-11,23H,4-7H2,1-3H3,(H2,21,26);1-2H,(H,5,6)(H,7,8);1H2/b;2-1-;. The van der Waals surface area contributed by atoms with Crippen molar-refractivity contribution in [3.63, 3.8) is 0 Å². The lowest BCUT2D eigenvalue weighted by Gasteiger charge is -2.40. The Kier molecular flexibility index (Phi) is 8.37. The predicted octanol–water partition coefficient (Wildman–Crippen LogP) is 1.70. The summed E-state index contributed by atoms with van der Waals surface area (Å²) in [4.78, 5) is 36.6. The molecule has 0 bridgehead atoms. The molecule has 190 valence electrons. The summed E-state index contributed by atoms with van der Waals surface area (Å²) in [5.41, 5.74) is 8.56. The molecule has 3 heterocycles. The maximum Gasteiger partial charge on any atom is 0.328 e. The number of carboxylic acids is 2. The molecule has 0 saturated carbocycles. The smallest absolute Gasteiger partial charge is 0.328 e. The molecule has 1 amide bonds. The van der Waals surface area contributed by atoms with Gasteiger partial charge >= 0.3 is 11.9 Å². The predicted molar refractivity (Wildman–Crippen MR) is 127 cm³/mol. The summed E-state index contributed by atoms with van der Waals surface area (Å²) < 4.78 is 15.6. The zero-order valence-electron chi connectivity index (χ0n) is 19.7. The number of halogens is 1. The molecule has 1 aromatic carbocycles. The summed E-state index contributed by atoms with van der Waals surface area (Å²) in [5.74, 6) is -3.67. The van der Waals surface area contributed by atoms with Crippen molar-refractivity contribution < 1.29 is 34.5 Å². The Balaban J connectivity index is 0.000000418. The van der Waals surface area contributed by atoms with Crippen LogP contribution in [0.5, 0.6) is 0 Å². The van der Waals surface area contributed by atoms with Gasteiger partial charge in [-0.3, -0.25) is 4.79 Å². The van der Waals surface area contributed by atoms with Gasteiger partial charge in [0, 0.05) is 29.2 Å². The number of carboxylic acid groups (broad SMARTS) is 2. The van der Waals surface area contributed by atoms with Crippen molar-refractivity contribution in [1.29, 1.82) is 0 Å². The second-order valence-electron chi connectivity index (χ2n) is 8.86. The fraction of sp³-hybridized carbons (Fsp3) is 0.391. The molecule has 1 fully saturated rings. The minimum Gasteiger partial charge on any atom is -0.478 e. The number of piperidine rings is 1. The third-order valence-electron chi connectivity index (χ3n) is 6.22. The van der Waals surface area contributed by atoms with Crippen LogP contribution in [0.2, 0.25) is 0 Å². The average molecular weight is 492 g/mol. The first-order chi connectivity index (χ1) is 15.9. The molecule has 1 saturated heterocycles. The number of amides is 1. The summed E-state index contributed by atoms with van der Waals surface area (Å²) in [5, 5.41) is 20.1. The Hall–Kier alpha value is -3.77. The maximum atomic E-state index is 13.9. The minimum absolute atomic E-state index is 0.